The van der Waals surface area contributed by atoms with Crippen LogP contribution in [-0.2, 0) is 0 Å². The number of anilines is 2. The van der Waals surface area contributed by atoms with E-state index in [2.05, 4.69) is 15.3 Å². The molecule has 0 atom stereocenters. The van der Waals surface area contributed by atoms with Gasteiger partial charge >= 0.3 is 6.01 Å². The summed E-state index contributed by atoms with van der Waals surface area (Å²) in [5.74, 6) is -0.475. The van der Waals surface area contributed by atoms with Gasteiger partial charge in [0, 0.05) is 0 Å². The first-order chi connectivity index (χ1) is 8.06. The molecule has 0 saturated heterocycles. The molecule has 0 bridgehead atoms. The second kappa shape index (κ2) is 4.42. The molecule has 17 heavy (non-hydrogen) atoms. The number of nitrogens with zero attached hydrogens (tertiary/aromatic N) is 2. The molecule has 0 saturated carbocycles. The summed E-state index contributed by atoms with van der Waals surface area (Å²) < 4.78 is 4.99. The number of hydrogen-bond donors (Lipinski definition) is 2. The number of oxazole rings is 1. The van der Waals surface area contributed by atoms with Crippen molar-refractivity contribution in [2.24, 2.45) is 0 Å². The van der Waals surface area contributed by atoms with Crippen molar-refractivity contribution in [2.75, 3.05) is 11.1 Å². The molecule has 88 valence electrons. The lowest BCUT2D eigenvalue weighted by Crippen LogP contribution is -2.13. The van der Waals surface area contributed by atoms with Crippen LogP contribution in [0.15, 0.2) is 22.9 Å². The molecule has 0 unspecified atom stereocenters. The maximum absolute atomic E-state index is 11.8. The highest BCUT2D eigenvalue weighted by Crippen LogP contribution is 2.17. The number of nitrogens with two attached hydrogens (primary N) is 1. The zero-order chi connectivity index (χ0) is 12.4. The van der Waals surface area contributed by atoms with E-state index in [0.717, 1.165) is 0 Å². The first-order valence-electron chi connectivity index (χ1n) is 4.71. The van der Waals surface area contributed by atoms with Crippen LogP contribution in [0.1, 0.15) is 16.1 Å². The minimum absolute atomic E-state index is 0.0694. The fraction of sp³-hybridized carbons (Fsp3) is 0.100. The molecule has 7 heteroatoms. The third-order valence-electron chi connectivity index (χ3n) is 1.94. The van der Waals surface area contributed by atoms with Gasteiger partial charge in [0.25, 0.3) is 5.91 Å². The van der Waals surface area contributed by atoms with Gasteiger partial charge in [-0.05, 0) is 13.0 Å². The number of carbonyl (C=O) groups excluding carboxylic acids is 1. The van der Waals surface area contributed by atoms with E-state index in [4.69, 9.17) is 21.8 Å². The summed E-state index contributed by atoms with van der Waals surface area (Å²) in [6, 6.07) is 1.53. The molecule has 2 heterocycles. The number of nitrogens with one attached hydrogen (secondary N) is 1. The molecule has 0 aliphatic heterocycles. The monoisotopic (exact) mass is 252 g/mol. The van der Waals surface area contributed by atoms with Crippen molar-refractivity contribution in [3.05, 3.63) is 34.9 Å². The normalized spacial score (nSPS) is 10.2. The second-order valence-electron chi connectivity index (χ2n) is 3.36. The minimum Gasteiger partial charge on any atom is -0.432 e. The highest BCUT2D eigenvalue weighted by Gasteiger charge is 2.14. The number of carbonyl (C=O) groups is 1. The number of aromatic nitrogens is 2. The van der Waals surface area contributed by atoms with Gasteiger partial charge in [-0.15, -0.1) is 0 Å². The average Bonchev–Trinajstić information content (AvgIpc) is 2.67. The summed E-state index contributed by atoms with van der Waals surface area (Å²) in [5, 5.41) is 2.52. The first kappa shape index (κ1) is 11.4. The Morgan fingerprint density at radius 3 is 3.00 bits per heavy atom. The van der Waals surface area contributed by atoms with E-state index >= 15 is 0 Å². The number of hydrogen-bond acceptors (Lipinski definition) is 5. The Kier molecular flexibility index (Phi) is 2.97. The molecule has 6 nitrogen and oxygen atoms in total. The van der Waals surface area contributed by atoms with Gasteiger partial charge in [0.15, 0.2) is 0 Å². The number of amides is 1. The quantitative estimate of drug-likeness (QED) is 0.796. The Hall–Kier alpha value is -2.08. The van der Waals surface area contributed by atoms with Crippen molar-refractivity contribution in [2.45, 2.75) is 6.92 Å². The third kappa shape index (κ3) is 2.54. The third-order valence-corrected chi connectivity index (χ3v) is 2.25. The standard InChI is InChI=1S/C10H9ClN4O2/c1-5-4-17-10(14-5)15-9(16)7-2-6(12)3-13-8(7)11/h2-4H,12H2,1H3,(H,14,15,16). The molecule has 0 aromatic carbocycles. The summed E-state index contributed by atoms with van der Waals surface area (Å²) in [5.41, 5.74) is 6.71. The molecule has 2 rings (SSSR count). The van der Waals surface area contributed by atoms with Gasteiger partial charge in [0.05, 0.1) is 23.1 Å². The fourth-order valence-corrected chi connectivity index (χ4v) is 1.39. The zero-order valence-electron chi connectivity index (χ0n) is 8.90. The Bertz CT molecular complexity index is 567. The van der Waals surface area contributed by atoms with E-state index in [1.54, 1.807) is 6.92 Å². The van der Waals surface area contributed by atoms with E-state index in [0.29, 0.717) is 11.4 Å². The number of nitrogen functional groups attached to an aromatic ring is 1. The van der Waals surface area contributed by atoms with Crippen LogP contribution in [0.2, 0.25) is 5.15 Å². The van der Waals surface area contributed by atoms with Gasteiger partial charge in [-0.3, -0.25) is 10.1 Å². The zero-order valence-corrected chi connectivity index (χ0v) is 9.65. The molecule has 2 aromatic heterocycles. The van der Waals surface area contributed by atoms with E-state index in [-0.39, 0.29) is 16.7 Å². The van der Waals surface area contributed by atoms with Gasteiger partial charge in [0.2, 0.25) is 0 Å². The smallest absolute Gasteiger partial charge is 0.301 e. The summed E-state index contributed by atoms with van der Waals surface area (Å²) in [6.07, 6.45) is 2.79. The molecule has 0 aliphatic rings. The molecular formula is C10H9ClN4O2. The molecule has 0 fully saturated rings. The van der Waals surface area contributed by atoms with Crippen LogP contribution < -0.4 is 11.1 Å². The lowest BCUT2D eigenvalue weighted by Gasteiger charge is -2.03. The van der Waals surface area contributed by atoms with Crippen LogP contribution in [0.4, 0.5) is 11.7 Å². The number of aryl methyl sites for hydroxylation is 1. The summed E-state index contributed by atoms with van der Waals surface area (Å²) in [6.45, 7) is 1.74. The summed E-state index contributed by atoms with van der Waals surface area (Å²) >= 11 is 5.78. The molecule has 2 aromatic rings. The maximum Gasteiger partial charge on any atom is 0.301 e. The predicted molar refractivity (Wildman–Crippen MR) is 62.9 cm³/mol. The van der Waals surface area contributed by atoms with Crippen LogP contribution >= 0.6 is 11.6 Å². The van der Waals surface area contributed by atoms with Crippen molar-refractivity contribution in [3.63, 3.8) is 0 Å². The molecule has 3 N–H and O–H groups in total. The topological polar surface area (TPSA) is 94.0 Å². The van der Waals surface area contributed by atoms with Gasteiger partial charge in [-0.1, -0.05) is 11.6 Å². The lowest BCUT2D eigenvalue weighted by molar-refractivity contribution is 0.102. The van der Waals surface area contributed by atoms with E-state index < -0.39 is 5.91 Å². The maximum atomic E-state index is 11.8. The van der Waals surface area contributed by atoms with Crippen molar-refractivity contribution in [1.82, 2.24) is 9.97 Å². The number of rotatable bonds is 2. The van der Waals surface area contributed by atoms with Crippen LogP contribution in [0, 0.1) is 6.92 Å². The second-order valence-corrected chi connectivity index (χ2v) is 3.71. The van der Waals surface area contributed by atoms with Crippen molar-refractivity contribution < 1.29 is 9.21 Å². The molecule has 1 amide bonds. The van der Waals surface area contributed by atoms with Gasteiger partial charge < -0.3 is 10.2 Å². The van der Waals surface area contributed by atoms with Crippen LogP contribution in [0.25, 0.3) is 0 Å². The Labute approximate surface area is 102 Å². The van der Waals surface area contributed by atoms with Gasteiger partial charge in [-0.25, -0.2) is 4.98 Å². The van der Waals surface area contributed by atoms with E-state index in [1.807, 2.05) is 0 Å². The van der Waals surface area contributed by atoms with Crippen molar-refractivity contribution in [1.29, 1.82) is 0 Å². The van der Waals surface area contributed by atoms with Gasteiger partial charge in [-0.2, -0.15) is 4.98 Å². The number of halogens is 1. The van der Waals surface area contributed by atoms with E-state index in [1.165, 1.54) is 18.5 Å². The first-order valence-corrected chi connectivity index (χ1v) is 5.08. The molecule has 0 spiro atoms. The summed E-state index contributed by atoms with van der Waals surface area (Å²) in [7, 11) is 0. The Balaban J connectivity index is 2.22. The molecular weight excluding hydrogens is 244 g/mol. The molecule has 0 radical (unpaired) electrons. The van der Waals surface area contributed by atoms with Crippen LogP contribution in [0.5, 0.6) is 0 Å². The predicted octanol–water partition coefficient (Wildman–Crippen LogP) is 1.87. The van der Waals surface area contributed by atoms with Crippen LogP contribution in [-0.4, -0.2) is 15.9 Å². The van der Waals surface area contributed by atoms with Crippen molar-refractivity contribution in [3.8, 4) is 0 Å². The summed E-state index contributed by atoms with van der Waals surface area (Å²) in [4.78, 5) is 19.5. The highest BCUT2D eigenvalue weighted by molar-refractivity contribution is 6.33. The van der Waals surface area contributed by atoms with Gasteiger partial charge in [0.1, 0.15) is 11.4 Å². The van der Waals surface area contributed by atoms with Crippen molar-refractivity contribution >= 4 is 29.2 Å². The van der Waals surface area contributed by atoms with Crippen LogP contribution in [0.3, 0.4) is 0 Å². The minimum atomic E-state index is -0.475. The largest absolute Gasteiger partial charge is 0.432 e. The van der Waals surface area contributed by atoms with E-state index in [9.17, 15) is 4.79 Å². The average molecular weight is 253 g/mol. The number of pyridine rings is 1. The molecule has 0 aliphatic carbocycles. The fourth-order valence-electron chi connectivity index (χ4n) is 1.20. The highest BCUT2D eigenvalue weighted by atomic mass is 35.5. The SMILES string of the molecule is Cc1coc(NC(=O)c2cc(N)cnc2Cl)n1. The lowest BCUT2D eigenvalue weighted by atomic mass is 10.2. The Morgan fingerprint density at radius 2 is 2.35 bits per heavy atom. The Morgan fingerprint density at radius 1 is 1.59 bits per heavy atom.